The lowest BCUT2D eigenvalue weighted by Crippen LogP contribution is -2.54. The van der Waals surface area contributed by atoms with Gasteiger partial charge in [0.05, 0.1) is 41.2 Å². The Kier molecular flexibility index (Phi) is 5.15. The van der Waals surface area contributed by atoms with Crippen molar-refractivity contribution in [1.29, 1.82) is 0 Å². The van der Waals surface area contributed by atoms with Crippen molar-refractivity contribution in [2.45, 2.75) is 6.10 Å². The van der Waals surface area contributed by atoms with Gasteiger partial charge in [-0.2, -0.15) is 0 Å². The van der Waals surface area contributed by atoms with Crippen molar-refractivity contribution in [3.63, 3.8) is 0 Å². The summed E-state index contributed by atoms with van der Waals surface area (Å²) in [5.74, 6) is -3.38. The predicted octanol–water partition coefficient (Wildman–Crippen LogP) is 2.78. The Hall–Kier alpha value is -2.91. The number of hydrogen-bond donors (Lipinski definition) is 4. The Morgan fingerprint density at radius 1 is 1.15 bits per heavy atom. The number of nitrogens with one attached hydrogen (secondary N) is 2. The molecule has 0 aliphatic carbocycles. The molecule has 2 aromatic rings. The molecule has 2 aromatic carbocycles. The maximum Gasteiger partial charge on any atom is 0.322 e. The number of aliphatic hydroxyl groups excluding tert-OH is 1. The molecular weight excluding hydrogens is 384 g/mol. The number of rotatable bonds is 3. The van der Waals surface area contributed by atoms with Gasteiger partial charge in [0.1, 0.15) is 17.4 Å². The molecule has 1 aliphatic rings. The highest BCUT2D eigenvalue weighted by Crippen LogP contribution is 2.29. The van der Waals surface area contributed by atoms with E-state index in [9.17, 15) is 28.6 Å². The first-order valence-corrected chi connectivity index (χ1v) is 8.16. The molecule has 142 valence electrons. The number of aliphatic hydroxyl groups is 1. The summed E-state index contributed by atoms with van der Waals surface area (Å²) in [6.07, 6.45) is -0.620. The number of urea groups is 1. The molecule has 10 heteroatoms. The molecule has 3 rings (SSSR count). The van der Waals surface area contributed by atoms with Gasteiger partial charge in [0.2, 0.25) is 0 Å². The lowest BCUT2D eigenvalue weighted by molar-refractivity contribution is 0.0308. The van der Waals surface area contributed by atoms with Gasteiger partial charge in [-0.05, 0) is 18.2 Å². The summed E-state index contributed by atoms with van der Waals surface area (Å²) in [5, 5.41) is 23.5. The first kappa shape index (κ1) is 18.9. The molecule has 0 unspecified atom stereocenters. The van der Waals surface area contributed by atoms with Crippen molar-refractivity contribution < 1.29 is 28.6 Å². The number of carbonyl (C=O) groups is 2. The second-order valence-corrected chi connectivity index (χ2v) is 6.30. The molecule has 1 saturated heterocycles. The van der Waals surface area contributed by atoms with E-state index in [1.54, 1.807) is 0 Å². The third-order valence-electron chi connectivity index (χ3n) is 3.92. The Bertz CT molecular complexity index is 899. The van der Waals surface area contributed by atoms with Crippen LogP contribution in [0.3, 0.4) is 0 Å². The van der Waals surface area contributed by atoms with Gasteiger partial charge in [-0.25, -0.2) is 13.6 Å². The van der Waals surface area contributed by atoms with Gasteiger partial charge in [0.25, 0.3) is 5.91 Å². The Morgan fingerprint density at radius 3 is 2.48 bits per heavy atom. The van der Waals surface area contributed by atoms with Gasteiger partial charge >= 0.3 is 6.03 Å². The van der Waals surface area contributed by atoms with Gasteiger partial charge in [-0.15, -0.1) is 0 Å². The normalized spacial score (nSPS) is 13.9. The van der Waals surface area contributed by atoms with E-state index in [1.807, 2.05) is 0 Å². The molecular formula is C17H14ClF2N3O4. The van der Waals surface area contributed by atoms with Gasteiger partial charge in [-0.1, -0.05) is 17.7 Å². The van der Waals surface area contributed by atoms with Crippen molar-refractivity contribution in [2.75, 3.05) is 23.7 Å². The third-order valence-corrected chi connectivity index (χ3v) is 4.24. The molecule has 1 fully saturated rings. The van der Waals surface area contributed by atoms with Crippen LogP contribution >= 0.6 is 11.6 Å². The minimum Gasteiger partial charge on any atom is -0.507 e. The zero-order valence-electron chi connectivity index (χ0n) is 13.7. The maximum absolute atomic E-state index is 14.2. The zero-order chi connectivity index (χ0) is 19.7. The molecule has 27 heavy (non-hydrogen) atoms. The summed E-state index contributed by atoms with van der Waals surface area (Å²) < 4.78 is 28.0. The highest BCUT2D eigenvalue weighted by molar-refractivity contribution is 6.34. The van der Waals surface area contributed by atoms with Gasteiger partial charge in [-0.3, -0.25) is 4.79 Å². The summed E-state index contributed by atoms with van der Waals surface area (Å²) in [6, 6.07) is 4.69. The predicted molar refractivity (Wildman–Crippen MR) is 94.0 cm³/mol. The second kappa shape index (κ2) is 7.37. The highest BCUT2D eigenvalue weighted by atomic mass is 35.5. The van der Waals surface area contributed by atoms with Crippen molar-refractivity contribution in [1.82, 2.24) is 4.90 Å². The standard InChI is InChI=1S/C17H14ClF2N3O4/c18-10-2-1-3-11(19)15(10)22-16(26)9-4-12(20)13(5-14(9)25)21-17(27)23-6-8(24)7-23/h1-5,8,24-25H,6-7H2,(H,21,27)(H,22,26). The van der Waals surface area contributed by atoms with Gasteiger partial charge in [0.15, 0.2) is 0 Å². The van der Waals surface area contributed by atoms with Crippen LogP contribution in [-0.4, -0.2) is 46.2 Å². The van der Waals surface area contributed by atoms with Crippen LogP contribution in [0.25, 0.3) is 0 Å². The number of aromatic hydroxyl groups is 1. The van der Waals surface area contributed by atoms with Crippen molar-refractivity contribution in [2.24, 2.45) is 0 Å². The number of benzene rings is 2. The minimum absolute atomic E-state index is 0.0658. The molecule has 0 radical (unpaired) electrons. The molecule has 7 nitrogen and oxygen atoms in total. The molecule has 3 amide bonds. The molecule has 1 aliphatic heterocycles. The first-order chi connectivity index (χ1) is 12.8. The fourth-order valence-corrected chi connectivity index (χ4v) is 2.66. The summed E-state index contributed by atoms with van der Waals surface area (Å²) in [5.41, 5.74) is -1.12. The fourth-order valence-electron chi connectivity index (χ4n) is 2.45. The van der Waals surface area contributed by atoms with E-state index in [-0.39, 0.29) is 29.5 Å². The largest absolute Gasteiger partial charge is 0.507 e. The van der Waals surface area contributed by atoms with Crippen LogP contribution in [0.2, 0.25) is 5.02 Å². The number of β-amino-alcohol motifs (C(OH)–C–C–N with tert-alkyl or cyclic N) is 1. The molecule has 1 heterocycles. The molecule has 4 N–H and O–H groups in total. The SMILES string of the molecule is O=C(Nc1c(F)cccc1Cl)c1cc(F)c(NC(=O)N2CC(O)C2)cc1O. The van der Waals surface area contributed by atoms with Crippen LogP contribution in [0.15, 0.2) is 30.3 Å². The third kappa shape index (κ3) is 3.93. The van der Waals surface area contributed by atoms with Crippen LogP contribution in [0.5, 0.6) is 5.75 Å². The average Bonchev–Trinajstić information content (AvgIpc) is 2.58. The van der Waals surface area contributed by atoms with Crippen LogP contribution in [-0.2, 0) is 0 Å². The number of halogens is 3. The Morgan fingerprint density at radius 2 is 1.85 bits per heavy atom. The van der Waals surface area contributed by atoms with E-state index in [4.69, 9.17) is 11.6 Å². The number of amides is 3. The number of phenols is 1. The minimum atomic E-state index is -0.984. The maximum atomic E-state index is 14.2. The zero-order valence-corrected chi connectivity index (χ0v) is 14.4. The molecule has 0 atom stereocenters. The molecule has 0 spiro atoms. The summed E-state index contributed by atoms with van der Waals surface area (Å²) >= 11 is 5.81. The van der Waals surface area contributed by atoms with Crippen molar-refractivity contribution in [3.8, 4) is 5.75 Å². The Labute approximate surface area is 157 Å². The number of likely N-dealkylation sites (tertiary alicyclic amines) is 1. The Balaban J connectivity index is 1.78. The monoisotopic (exact) mass is 397 g/mol. The van der Waals surface area contributed by atoms with Crippen LogP contribution in [0.1, 0.15) is 10.4 Å². The smallest absolute Gasteiger partial charge is 0.322 e. The van der Waals surface area contributed by atoms with Crippen LogP contribution in [0.4, 0.5) is 25.0 Å². The van der Waals surface area contributed by atoms with Gasteiger partial charge < -0.3 is 25.7 Å². The lowest BCUT2D eigenvalue weighted by atomic mass is 10.1. The second-order valence-electron chi connectivity index (χ2n) is 5.89. The number of phenolic OH excluding ortho intramolecular Hbond substituents is 1. The van der Waals surface area contributed by atoms with E-state index in [2.05, 4.69) is 10.6 Å². The van der Waals surface area contributed by atoms with E-state index in [0.29, 0.717) is 6.07 Å². The van der Waals surface area contributed by atoms with E-state index < -0.39 is 41.0 Å². The first-order valence-electron chi connectivity index (χ1n) is 7.78. The van der Waals surface area contributed by atoms with Crippen LogP contribution < -0.4 is 10.6 Å². The van der Waals surface area contributed by atoms with Crippen LogP contribution in [0, 0.1) is 11.6 Å². The summed E-state index contributed by atoms with van der Waals surface area (Å²) in [7, 11) is 0. The quantitative estimate of drug-likeness (QED) is 0.639. The van der Waals surface area contributed by atoms with Crippen molar-refractivity contribution in [3.05, 3.63) is 52.6 Å². The molecule has 0 aromatic heterocycles. The number of carbonyl (C=O) groups excluding carboxylic acids is 2. The lowest BCUT2D eigenvalue weighted by Gasteiger charge is -2.35. The molecule has 0 saturated carbocycles. The average molecular weight is 398 g/mol. The molecule has 0 bridgehead atoms. The number of hydrogen-bond acceptors (Lipinski definition) is 4. The van der Waals surface area contributed by atoms with Crippen molar-refractivity contribution >= 4 is 34.9 Å². The van der Waals surface area contributed by atoms with E-state index in [1.165, 1.54) is 17.0 Å². The topological polar surface area (TPSA) is 102 Å². The number of nitrogens with zero attached hydrogens (tertiary/aromatic N) is 1. The van der Waals surface area contributed by atoms with E-state index in [0.717, 1.165) is 12.1 Å². The fraction of sp³-hybridized carbons (Fsp3) is 0.176. The summed E-state index contributed by atoms with van der Waals surface area (Å²) in [6.45, 7) is 0.229. The number of anilines is 2. The summed E-state index contributed by atoms with van der Waals surface area (Å²) in [4.78, 5) is 25.3. The van der Waals surface area contributed by atoms with E-state index >= 15 is 0 Å². The highest BCUT2D eigenvalue weighted by Gasteiger charge is 2.29. The number of para-hydroxylation sites is 1. The van der Waals surface area contributed by atoms with Gasteiger partial charge in [0, 0.05) is 6.07 Å².